The molecule has 1 aromatic carbocycles. The molecule has 0 bridgehead atoms. The molecule has 29 heavy (non-hydrogen) atoms. The fourth-order valence-electron chi connectivity index (χ4n) is 3.53. The Morgan fingerprint density at radius 3 is 2.14 bits per heavy atom. The molecule has 0 atom stereocenters. The maximum Gasteiger partial charge on any atom is 0.287 e. The first-order chi connectivity index (χ1) is 14.0. The summed E-state index contributed by atoms with van der Waals surface area (Å²) in [5.41, 5.74) is 2.02. The predicted octanol–water partition coefficient (Wildman–Crippen LogP) is 2.57. The summed E-state index contributed by atoms with van der Waals surface area (Å²) >= 11 is 0. The molecule has 1 aromatic rings. The van der Waals surface area contributed by atoms with Crippen LogP contribution in [0.2, 0.25) is 0 Å². The first-order valence-electron chi connectivity index (χ1n) is 9.50. The number of ether oxygens (including phenoxy) is 5. The zero-order valence-corrected chi connectivity index (χ0v) is 17.8. The largest absolute Gasteiger partial charge is 0.495 e. The SMILES string of the molecule is COC1=CC(CCNC(=O)CCc2ccccc2)=CC(OC)(OC)C1(OC)OC. The molecule has 0 radical (unpaired) electrons. The van der Waals surface area contributed by atoms with Gasteiger partial charge in [0, 0.05) is 41.4 Å². The minimum Gasteiger partial charge on any atom is -0.495 e. The van der Waals surface area contributed by atoms with Crippen molar-refractivity contribution >= 4 is 5.91 Å². The van der Waals surface area contributed by atoms with Crippen LogP contribution in [0.5, 0.6) is 0 Å². The van der Waals surface area contributed by atoms with Gasteiger partial charge in [0.15, 0.2) is 5.76 Å². The van der Waals surface area contributed by atoms with Crippen molar-refractivity contribution in [2.24, 2.45) is 0 Å². The topological polar surface area (TPSA) is 75.3 Å². The van der Waals surface area contributed by atoms with Crippen LogP contribution in [0.4, 0.5) is 0 Å². The van der Waals surface area contributed by atoms with Crippen LogP contribution >= 0.6 is 0 Å². The Kier molecular flexibility index (Phi) is 8.40. The van der Waals surface area contributed by atoms with Gasteiger partial charge < -0.3 is 29.0 Å². The highest BCUT2D eigenvalue weighted by atomic mass is 16.8. The lowest BCUT2D eigenvalue weighted by Gasteiger charge is -2.46. The van der Waals surface area contributed by atoms with Crippen LogP contribution in [0.25, 0.3) is 0 Å². The Bertz CT molecular complexity index is 720. The lowest BCUT2D eigenvalue weighted by molar-refractivity contribution is -0.360. The summed E-state index contributed by atoms with van der Waals surface area (Å²) in [5, 5.41) is 2.95. The van der Waals surface area contributed by atoms with Crippen molar-refractivity contribution in [1.29, 1.82) is 0 Å². The standard InChI is InChI=1S/C22H31NO6/c1-25-19-15-18(16-21(26-2,27-3)22(19,28-4)29-5)13-14-23-20(24)12-11-17-9-7-6-8-10-17/h6-10,15-16H,11-14H2,1-5H3,(H,23,24). The Hall–Kier alpha value is -2.19. The molecule has 0 unspecified atom stereocenters. The number of aryl methyl sites for hydroxylation is 1. The second kappa shape index (κ2) is 10.5. The molecule has 1 amide bonds. The summed E-state index contributed by atoms with van der Waals surface area (Å²) in [6.07, 6.45) is 5.34. The van der Waals surface area contributed by atoms with E-state index >= 15 is 0 Å². The average Bonchev–Trinajstić information content (AvgIpc) is 2.77. The van der Waals surface area contributed by atoms with E-state index in [2.05, 4.69) is 5.32 Å². The van der Waals surface area contributed by atoms with Gasteiger partial charge in [-0.25, -0.2) is 0 Å². The molecule has 1 aliphatic carbocycles. The van der Waals surface area contributed by atoms with Crippen LogP contribution in [0.1, 0.15) is 18.4 Å². The molecule has 0 saturated heterocycles. The Labute approximate surface area is 172 Å². The van der Waals surface area contributed by atoms with Gasteiger partial charge >= 0.3 is 0 Å². The van der Waals surface area contributed by atoms with Gasteiger partial charge in [-0.3, -0.25) is 4.79 Å². The number of carbonyl (C=O) groups excluding carboxylic acids is 1. The molecule has 0 heterocycles. The van der Waals surface area contributed by atoms with Crippen molar-refractivity contribution in [2.45, 2.75) is 30.8 Å². The number of nitrogens with one attached hydrogen (secondary N) is 1. The van der Waals surface area contributed by atoms with E-state index in [1.165, 1.54) is 35.5 Å². The average molecular weight is 405 g/mol. The van der Waals surface area contributed by atoms with Gasteiger partial charge in [0.1, 0.15) is 0 Å². The Balaban J connectivity index is 2.01. The number of methoxy groups -OCH3 is 5. The highest BCUT2D eigenvalue weighted by Crippen LogP contribution is 2.43. The molecule has 160 valence electrons. The predicted molar refractivity (Wildman–Crippen MR) is 109 cm³/mol. The highest BCUT2D eigenvalue weighted by molar-refractivity contribution is 5.76. The van der Waals surface area contributed by atoms with Crippen LogP contribution < -0.4 is 5.32 Å². The lowest BCUT2D eigenvalue weighted by Crippen LogP contribution is -2.61. The van der Waals surface area contributed by atoms with Gasteiger partial charge in [-0.15, -0.1) is 0 Å². The minimum absolute atomic E-state index is 0.00841. The number of amides is 1. The molecule has 7 heteroatoms. The molecule has 7 nitrogen and oxygen atoms in total. The maximum atomic E-state index is 12.2. The number of benzene rings is 1. The molecule has 0 spiro atoms. The Morgan fingerprint density at radius 1 is 0.931 bits per heavy atom. The lowest BCUT2D eigenvalue weighted by atomic mass is 9.91. The van der Waals surface area contributed by atoms with Crippen LogP contribution in [0.3, 0.4) is 0 Å². The van der Waals surface area contributed by atoms with Crippen LogP contribution in [0.15, 0.2) is 53.8 Å². The van der Waals surface area contributed by atoms with E-state index in [4.69, 9.17) is 23.7 Å². The van der Waals surface area contributed by atoms with E-state index in [1.54, 1.807) is 6.08 Å². The van der Waals surface area contributed by atoms with Crippen molar-refractivity contribution in [3.05, 3.63) is 59.4 Å². The number of carbonyl (C=O) groups is 1. The fourth-order valence-corrected chi connectivity index (χ4v) is 3.53. The number of hydrogen-bond donors (Lipinski definition) is 1. The van der Waals surface area contributed by atoms with Gasteiger partial charge in [0.2, 0.25) is 5.91 Å². The van der Waals surface area contributed by atoms with Crippen molar-refractivity contribution < 1.29 is 28.5 Å². The van der Waals surface area contributed by atoms with Crippen molar-refractivity contribution in [1.82, 2.24) is 5.32 Å². The van der Waals surface area contributed by atoms with Gasteiger partial charge in [-0.1, -0.05) is 30.3 Å². The molecule has 0 aromatic heterocycles. The third-order valence-electron chi connectivity index (χ3n) is 5.10. The van der Waals surface area contributed by atoms with E-state index in [-0.39, 0.29) is 5.91 Å². The number of hydrogen-bond acceptors (Lipinski definition) is 6. The monoisotopic (exact) mass is 405 g/mol. The van der Waals surface area contributed by atoms with Crippen LogP contribution in [-0.4, -0.2) is 59.6 Å². The molecular formula is C22H31NO6. The molecule has 0 aliphatic heterocycles. The first-order valence-corrected chi connectivity index (χ1v) is 9.50. The molecule has 2 rings (SSSR count). The van der Waals surface area contributed by atoms with Crippen molar-refractivity contribution in [2.75, 3.05) is 42.1 Å². The molecule has 0 fully saturated rings. The number of allylic oxidation sites excluding steroid dienone is 1. The number of rotatable bonds is 11. The third kappa shape index (κ3) is 4.87. The van der Waals surface area contributed by atoms with E-state index < -0.39 is 11.6 Å². The Morgan fingerprint density at radius 2 is 1.59 bits per heavy atom. The molecule has 0 saturated carbocycles. The normalized spacial score (nSPS) is 17.3. The van der Waals surface area contributed by atoms with E-state index in [0.717, 1.165) is 11.1 Å². The third-order valence-corrected chi connectivity index (χ3v) is 5.10. The second-order valence-corrected chi connectivity index (χ2v) is 6.62. The molecular weight excluding hydrogens is 374 g/mol. The highest BCUT2D eigenvalue weighted by Gasteiger charge is 2.59. The summed E-state index contributed by atoms with van der Waals surface area (Å²) in [7, 11) is 7.54. The van der Waals surface area contributed by atoms with Gasteiger partial charge in [0.25, 0.3) is 11.6 Å². The maximum absolute atomic E-state index is 12.2. The molecule has 1 aliphatic rings. The summed E-state index contributed by atoms with van der Waals surface area (Å²) in [4.78, 5) is 12.2. The van der Waals surface area contributed by atoms with Gasteiger partial charge in [-0.05, 0) is 36.1 Å². The minimum atomic E-state index is -1.38. The second-order valence-electron chi connectivity index (χ2n) is 6.62. The summed E-state index contributed by atoms with van der Waals surface area (Å²) < 4.78 is 28.0. The zero-order valence-electron chi connectivity index (χ0n) is 17.8. The van der Waals surface area contributed by atoms with Gasteiger partial charge in [-0.2, -0.15) is 0 Å². The summed E-state index contributed by atoms with van der Waals surface area (Å²) in [5.74, 6) is -2.29. The summed E-state index contributed by atoms with van der Waals surface area (Å²) in [6, 6.07) is 9.94. The van der Waals surface area contributed by atoms with Crippen LogP contribution in [0, 0.1) is 0 Å². The van der Waals surface area contributed by atoms with E-state index in [9.17, 15) is 4.79 Å². The van der Waals surface area contributed by atoms with Crippen LogP contribution in [-0.2, 0) is 34.9 Å². The summed E-state index contributed by atoms with van der Waals surface area (Å²) in [6.45, 7) is 0.476. The zero-order chi connectivity index (χ0) is 21.3. The first kappa shape index (κ1) is 23.1. The van der Waals surface area contributed by atoms with Gasteiger partial charge in [0.05, 0.1) is 7.11 Å². The van der Waals surface area contributed by atoms with E-state index in [0.29, 0.717) is 31.6 Å². The fraction of sp³-hybridized carbons (Fsp3) is 0.500. The molecule has 1 N–H and O–H groups in total. The van der Waals surface area contributed by atoms with Crippen molar-refractivity contribution in [3.63, 3.8) is 0 Å². The van der Waals surface area contributed by atoms with E-state index in [1.807, 2.05) is 36.4 Å². The van der Waals surface area contributed by atoms with Crippen molar-refractivity contribution in [3.8, 4) is 0 Å². The smallest absolute Gasteiger partial charge is 0.287 e. The quantitative estimate of drug-likeness (QED) is 0.571.